The molecule has 5 N–H and O–H groups in total. The molecule has 0 fully saturated rings. The number of aliphatic hydroxyl groups is 2. The van der Waals surface area contributed by atoms with E-state index >= 15 is 0 Å². The second kappa shape index (κ2) is 7.05. The average molecular weight is 296 g/mol. The first kappa shape index (κ1) is 16.9. The Labute approximate surface area is 122 Å². The Balaban J connectivity index is 3.04. The second-order valence-corrected chi connectivity index (χ2v) is 4.72. The number of nitrogen functional groups attached to an aromatic ring is 1. The molecule has 0 saturated carbocycles. The lowest BCUT2D eigenvalue weighted by Crippen LogP contribution is -2.34. The number of carbonyl (C=O) groups is 2. The van der Waals surface area contributed by atoms with Crippen LogP contribution in [0, 0.1) is 6.92 Å². The third-order valence-electron chi connectivity index (χ3n) is 3.14. The van der Waals surface area contributed by atoms with E-state index in [1.807, 2.05) is 0 Å². The minimum Gasteiger partial charge on any atom is -0.465 e. The Morgan fingerprint density at radius 1 is 1.38 bits per heavy atom. The van der Waals surface area contributed by atoms with Crippen molar-refractivity contribution in [3.63, 3.8) is 0 Å². The van der Waals surface area contributed by atoms with Gasteiger partial charge in [-0.05, 0) is 30.2 Å². The molecule has 1 aromatic carbocycles. The van der Waals surface area contributed by atoms with E-state index in [1.165, 1.54) is 26.2 Å². The maximum atomic E-state index is 11.7. The van der Waals surface area contributed by atoms with E-state index in [2.05, 4.69) is 10.1 Å². The fourth-order valence-electron chi connectivity index (χ4n) is 1.83. The van der Waals surface area contributed by atoms with Crippen LogP contribution in [-0.2, 0) is 9.53 Å². The van der Waals surface area contributed by atoms with E-state index in [9.17, 15) is 19.8 Å². The van der Waals surface area contributed by atoms with Gasteiger partial charge in [-0.15, -0.1) is 0 Å². The molecule has 2 unspecified atom stereocenters. The van der Waals surface area contributed by atoms with Crippen molar-refractivity contribution in [2.24, 2.45) is 0 Å². The summed E-state index contributed by atoms with van der Waals surface area (Å²) < 4.78 is 4.65. The SMILES string of the molecule is COC(=O)c1cc(C(O)C(O)CNC(C)=O)cc(N)c1C. The van der Waals surface area contributed by atoms with Gasteiger partial charge in [0.25, 0.3) is 0 Å². The Bertz CT molecular complexity index is 544. The van der Waals surface area contributed by atoms with Gasteiger partial charge in [0.2, 0.25) is 5.91 Å². The summed E-state index contributed by atoms with van der Waals surface area (Å²) >= 11 is 0. The third kappa shape index (κ3) is 4.17. The second-order valence-electron chi connectivity index (χ2n) is 4.72. The number of amides is 1. The number of esters is 1. The lowest BCUT2D eigenvalue weighted by molar-refractivity contribution is -0.119. The molecule has 2 atom stereocenters. The summed E-state index contributed by atoms with van der Waals surface area (Å²) in [5.74, 6) is -0.899. The molecule has 0 heterocycles. The van der Waals surface area contributed by atoms with Crippen LogP contribution in [-0.4, -0.2) is 41.8 Å². The molecule has 21 heavy (non-hydrogen) atoms. The van der Waals surface area contributed by atoms with Crippen molar-refractivity contribution in [1.29, 1.82) is 0 Å². The topological polar surface area (TPSA) is 122 Å². The van der Waals surface area contributed by atoms with Crippen molar-refractivity contribution < 1.29 is 24.5 Å². The summed E-state index contributed by atoms with van der Waals surface area (Å²) in [5.41, 5.74) is 7.14. The summed E-state index contributed by atoms with van der Waals surface area (Å²) in [6, 6.07) is 2.89. The van der Waals surface area contributed by atoms with Crippen molar-refractivity contribution in [2.75, 3.05) is 19.4 Å². The molecule has 0 spiro atoms. The maximum absolute atomic E-state index is 11.7. The number of hydrogen-bond donors (Lipinski definition) is 4. The van der Waals surface area contributed by atoms with Crippen LogP contribution in [0.3, 0.4) is 0 Å². The van der Waals surface area contributed by atoms with Gasteiger partial charge in [-0.2, -0.15) is 0 Å². The summed E-state index contributed by atoms with van der Waals surface area (Å²) in [6.45, 7) is 2.85. The molecule has 0 radical (unpaired) electrons. The number of benzene rings is 1. The van der Waals surface area contributed by atoms with Crippen LogP contribution in [0.15, 0.2) is 12.1 Å². The van der Waals surface area contributed by atoms with Gasteiger partial charge in [0.15, 0.2) is 0 Å². The van der Waals surface area contributed by atoms with E-state index < -0.39 is 18.2 Å². The fourth-order valence-corrected chi connectivity index (χ4v) is 1.83. The molecule has 0 aliphatic carbocycles. The molecule has 7 heteroatoms. The van der Waals surface area contributed by atoms with E-state index in [0.717, 1.165) is 0 Å². The first-order chi connectivity index (χ1) is 9.77. The summed E-state index contributed by atoms with van der Waals surface area (Å²) in [4.78, 5) is 22.5. The Hall–Kier alpha value is -2.12. The first-order valence-corrected chi connectivity index (χ1v) is 6.36. The number of nitrogens with two attached hydrogens (primary N) is 1. The fraction of sp³-hybridized carbons (Fsp3) is 0.429. The minimum atomic E-state index is -1.29. The van der Waals surface area contributed by atoms with Gasteiger partial charge in [0.05, 0.1) is 12.7 Å². The predicted octanol–water partition coefficient (Wildman–Crippen LogP) is -0.106. The van der Waals surface area contributed by atoms with E-state index in [1.54, 1.807) is 6.92 Å². The van der Waals surface area contributed by atoms with Gasteiger partial charge < -0.3 is 26.0 Å². The first-order valence-electron chi connectivity index (χ1n) is 6.36. The van der Waals surface area contributed by atoms with Gasteiger partial charge in [0, 0.05) is 19.2 Å². The number of methoxy groups -OCH3 is 1. The lowest BCUT2D eigenvalue weighted by atomic mass is 9.97. The number of aliphatic hydroxyl groups excluding tert-OH is 2. The molecule has 1 aromatic rings. The predicted molar refractivity (Wildman–Crippen MR) is 76.6 cm³/mol. The molecule has 0 aromatic heterocycles. The Morgan fingerprint density at radius 2 is 2.00 bits per heavy atom. The number of hydrogen-bond acceptors (Lipinski definition) is 6. The zero-order valence-electron chi connectivity index (χ0n) is 12.2. The highest BCUT2D eigenvalue weighted by atomic mass is 16.5. The van der Waals surface area contributed by atoms with Crippen molar-refractivity contribution in [2.45, 2.75) is 26.1 Å². The highest BCUT2D eigenvalue weighted by Gasteiger charge is 2.22. The molecule has 7 nitrogen and oxygen atoms in total. The molecule has 0 aliphatic rings. The molecule has 1 amide bonds. The number of nitrogens with one attached hydrogen (secondary N) is 1. The number of ether oxygens (including phenoxy) is 1. The van der Waals surface area contributed by atoms with Crippen LogP contribution in [0.1, 0.15) is 34.5 Å². The largest absolute Gasteiger partial charge is 0.465 e. The van der Waals surface area contributed by atoms with Crippen LogP contribution >= 0.6 is 0 Å². The summed E-state index contributed by atoms with van der Waals surface area (Å²) in [5, 5.41) is 22.3. The molecule has 1 rings (SSSR count). The zero-order valence-corrected chi connectivity index (χ0v) is 12.2. The highest BCUT2D eigenvalue weighted by molar-refractivity contribution is 5.92. The Kier molecular flexibility index (Phi) is 5.69. The van der Waals surface area contributed by atoms with Crippen LogP contribution in [0.5, 0.6) is 0 Å². The number of rotatable bonds is 5. The van der Waals surface area contributed by atoms with Crippen LogP contribution in [0.2, 0.25) is 0 Å². The van der Waals surface area contributed by atoms with Gasteiger partial charge in [-0.1, -0.05) is 0 Å². The van der Waals surface area contributed by atoms with Crippen molar-refractivity contribution in [1.82, 2.24) is 5.32 Å². The Morgan fingerprint density at radius 3 is 2.52 bits per heavy atom. The quantitative estimate of drug-likeness (QED) is 0.444. The van der Waals surface area contributed by atoms with E-state index in [4.69, 9.17) is 5.73 Å². The minimum absolute atomic E-state index is 0.113. The standard InChI is InChI=1S/C14H20N2O5/c1-7-10(14(20)21-3)4-9(5-11(7)15)13(19)12(18)6-16-8(2)17/h4-5,12-13,18-19H,6,15H2,1-3H3,(H,16,17). The molecule has 0 aliphatic heterocycles. The molecular formula is C14H20N2O5. The van der Waals surface area contributed by atoms with Gasteiger partial charge in [0.1, 0.15) is 12.2 Å². The summed E-state index contributed by atoms with van der Waals surface area (Å²) in [7, 11) is 1.24. The normalized spacial score (nSPS) is 13.4. The van der Waals surface area contributed by atoms with E-state index in [-0.39, 0.29) is 23.6 Å². The van der Waals surface area contributed by atoms with Crippen molar-refractivity contribution >= 4 is 17.6 Å². The zero-order chi connectivity index (χ0) is 16.2. The van der Waals surface area contributed by atoms with Gasteiger partial charge >= 0.3 is 5.97 Å². The smallest absolute Gasteiger partial charge is 0.338 e. The van der Waals surface area contributed by atoms with Crippen LogP contribution in [0.4, 0.5) is 5.69 Å². The van der Waals surface area contributed by atoms with Gasteiger partial charge in [-0.3, -0.25) is 4.79 Å². The van der Waals surface area contributed by atoms with E-state index in [0.29, 0.717) is 11.3 Å². The molecule has 0 saturated heterocycles. The van der Waals surface area contributed by atoms with Crippen molar-refractivity contribution in [3.05, 3.63) is 28.8 Å². The highest BCUT2D eigenvalue weighted by Crippen LogP contribution is 2.25. The van der Waals surface area contributed by atoms with Gasteiger partial charge in [-0.25, -0.2) is 4.79 Å². The number of carbonyl (C=O) groups excluding carboxylic acids is 2. The summed E-state index contributed by atoms with van der Waals surface area (Å²) in [6.07, 6.45) is -2.51. The van der Waals surface area contributed by atoms with Crippen molar-refractivity contribution in [3.8, 4) is 0 Å². The molecular weight excluding hydrogens is 276 g/mol. The maximum Gasteiger partial charge on any atom is 0.338 e. The van der Waals surface area contributed by atoms with Crippen LogP contribution in [0.25, 0.3) is 0 Å². The third-order valence-corrected chi connectivity index (χ3v) is 3.14. The molecule has 0 bridgehead atoms. The van der Waals surface area contributed by atoms with Crippen LogP contribution < -0.4 is 11.1 Å². The number of anilines is 1. The molecule has 116 valence electrons. The lowest BCUT2D eigenvalue weighted by Gasteiger charge is -2.20. The monoisotopic (exact) mass is 296 g/mol. The average Bonchev–Trinajstić information content (AvgIpc) is 2.45.